The number of hydrogen-bond donors (Lipinski definition) is 1. The number of nitrogens with one attached hydrogen (secondary N) is 1. The van der Waals surface area contributed by atoms with Crippen LogP contribution in [-0.2, 0) is 4.79 Å². The van der Waals surface area contributed by atoms with E-state index in [2.05, 4.69) is 20.5 Å². The van der Waals surface area contributed by atoms with Crippen molar-refractivity contribution in [3.05, 3.63) is 88.7 Å². The second-order valence-corrected chi connectivity index (χ2v) is 7.72. The Kier molecular flexibility index (Phi) is 6.22. The van der Waals surface area contributed by atoms with Gasteiger partial charge in [0, 0.05) is 24.0 Å². The predicted octanol–water partition coefficient (Wildman–Crippen LogP) is 4.28. The summed E-state index contributed by atoms with van der Waals surface area (Å²) in [5, 5.41) is 22.9. The highest BCUT2D eigenvalue weighted by Gasteiger charge is 2.20. The van der Waals surface area contributed by atoms with Crippen molar-refractivity contribution in [1.29, 1.82) is 0 Å². The highest BCUT2D eigenvalue weighted by molar-refractivity contribution is 7.99. The predicted molar refractivity (Wildman–Crippen MR) is 122 cm³/mol. The number of nitro benzene ring substituents is 1. The molecule has 0 unspecified atom stereocenters. The third-order valence-corrected chi connectivity index (χ3v) is 5.55. The average molecular weight is 446 g/mol. The molecule has 0 aliphatic carbocycles. The first-order valence-corrected chi connectivity index (χ1v) is 10.6. The molecule has 160 valence electrons. The number of pyridine rings is 1. The molecule has 4 aromatic rings. The average Bonchev–Trinajstić information content (AvgIpc) is 3.22. The van der Waals surface area contributed by atoms with Crippen molar-refractivity contribution >= 4 is 29.0 Å². The number of benzene rings is 2. The molecule has 0 bridgehead atoms. The quantitative estimate of drug-likeness (QED) is 0.256. The summed E-state index contributed by atoms with van der Waals surface area (Å²) < 4.78 is 1.88. The van der Waals surface area contributed by atoms with Gasteiger partial charge >= 0.3 is 0 Å². The Morgan fingerprint density at radius 3 is 2.62 bits per heavy atom. The summed E-state index contributed by atoms with van der Waals surface area (Å²) in [6.45, 7) is 1.98. The summed E-state index contributed by atoms with van der Waals surface area (Å²) in [6, 6.07) is 17.5. The highest BCUT2D eigenvalue weighted by atomic mass is 32.2. The van der Waals surface area contributed by atoms with E-state index in [0.717, 1.165) is 16.8 Å². The van der Waals surface area contributed by atoms with Crippen LogP contribution in [0.4, 0.5) is 11.4 Å². The molecule has 1 N–H and O–H groups in total. The number of rotatable bonds is 7. The molecule has 10 heteroatoms. The largest absolute Gasteiger partial charge is 0.320 e. The first-order chi connectivity index (χ1) is 15.5. The molecule has 0 atom stereocenters. The Labute approximate surface area is 187 Å². The second-order valence-electron chi connectivity index (χ2n) is 6.78. The highest BCUT2D eigenvalue weighted by Crippen LogP contribution is 2.29. The van der Waals surface area contributed by atoms with Gasteiger partial charge in [-0.2, -0.15) is 0 Å². The minimum Gasteiger partial charge on any atom is -0.320 e. The van der Waals surface area contributed by atoms with Crippen LogP contribution in [0.1, 0.15) is 5.56 Å². The number of carbonyl (C=O) groups excluding carboxylic acids is 1. The molecule has 0 fully saturated rings. The topological polar surface area (TPSA) is 116 Å². The molecule has 32 heavy (non-hydrogen) atoms. The van der Waals surface area contributed by atoms with Gasteiger partial charge in [0.15, 0.2) is 11.0 Å². The standard InChI is InChI=1S/C22H18N6O3S/c1-15-7-2-4-10-18(15)27-21(16-8-6-12-23-13-16)25-26-22(27)32-14-20(29)24-17-9-3-5-11-19(17)28(30)31/h2-13H,14H2,1H3,(H,24,29). The van der Waals surface area contributed by atoms with Gasteiger partial charge in [-0.3, -0.25) is 24.5 Å². The number of anilines is 1. The molecule has 0 aliphatic rings. The zero-order chi connectivity index (χ0) is 22.5. The molecule has 0 saturated carbocycles. The van der Waals surface area contributed by atoms with Crippen LogP contribution in [0, 0.1) is 17.0 Å². The van der Waals surface area contributed by atoms with E-state index in [4.69, 9.17) is 0 Å². The van der Waals surface area contributed by atoms with E-state index in [1.807, 2.05) is 47.9 Å². The first kappa shape index (κ1) is 21.2. The molecule has 9 nitrogen and oxygen atoms in total. The monoisotopic (exact) mass is 446 g/mol. The Hall–Kier alpha value is -4.05. The Balaban J connectivity index is 1.61. The summed E-state index contributed by atoms with van der Waals surface area (Å²) in [4.78, 5) is 27.3. The summed E-state index contributed by atoms with van der Waals surface area (Å²) in [5.41, 5.74) is 2.69. The van der Waals surface area contributed by atoms with Gasteiger partial charge in [0.2, 0.25) is 5.91 Å². The van der Waals surface area contributed by atoms with Crippen LogP contribution in [0.2, 0.25) is 0 Å². The maximum atomic E-state index is 12.5. The lowest BCUT2D eigenvalue weighted by atomic mass is 10.2. The van der Waals surface area contributed by atoms with E-state index in [1.165, 1.54) is 23.9 Å². The molecule has 0 spiro atoms. The number of aryl methyl sites for hydroxylation is 1. The van der Waals surface area contributed by atoms with Crippen LogP contribution in [0.5, 0.6) is 0 Å². The molecule has 0 aliphatic heterocycles. The van der Waals surface area contributed by atoms with E-state index in [0.29, 0.717) is 11.0 Å². The summed E-state index contributed by atoms with van der Waals surface area (Å²) in [7, 11) is 0. The van der Waals surface area contributed by atoms with E-state index < -0.39 is 4.92 Å². The van der Waals surface area contributed by atoms with E-state index >= 15 is 0 Å². The van der Waals surface area contributed by atoms with Gasteiger partial charge in [-0.15, -0.1) is 10.2 Å². The minimum atomic E-state index is -0.530. The molecule has 0 radical (unpaired) electrons. The lowest BCUT2D eigenvalue weighted by Gasteiger charge is -2.12. The Bertz CT molecular complexity index is 1280. The lowest BCUT2D eigenvalue weighted by Crippen LogP contribution is -2.15. The van der Waals surface area contributed by atoms with Crippen LogP contribution >= 0.6 is 11.8 Å². The van der Waals surface area contributed by atoms with Crippen molar-refractivity contribution in [2.24, 2.45) is 0 Å². The Morgan fingerprint density at radius 1 is 1.09 bits per heavy atom. The van der Waals surface area contributed by atoms with Gasteiger partial charge in [-0.25, -0.2) is 0 Å². The molecular weight excluding hydrogens is 428 g/mol. The van der Waals surface area contributed by atoms with Crippen LogP contribution in [0.15, 0.2) is 78.2 Å². The maximum absolute atomic E-state index is 12.5. The van der Waals surface area contributed by atoms with Gasteiger partial charge in [-0.1, -0.05) is 42.1 Å². The minimum absolute atomic E-state index is 0.00308. The van der Waals surface area contributed by atoms with Crippen LogP contribution in [0.3, 0.4) is 0 Å². The number of thioether (sulfide) groups is 1. The van der Waals surface area contributed by atoms with Gasteiger partial charge in [-0.05, 0) is 36.8 Å². The van der Waals surface area contributed by atoms with Gasteiger partial charge < -0.3 is 5.32 Å². The molecule has 2 aromatic carbocycles. The van der Waals surface area contributed by atoms with Gasteiger partial charge in [0.25, 0.3) is 5.69 Å². The smallest absolute Gasteiger partial charge is 0.292 e. The third-order valence-electron chi connectivity index (χ3n) is 4.62. The Morgan fingerprint density at radius 2 is 1.88 bits per heavy atom. The molecule has 2 aromatic heterocycles. The van der Waals surface area contributed by atoms with Crippen LogP contribution in [0.25, 0.3) is 17.1 Å². The van der Waals surface area contributed by atoms with E-state index in [1.54, 1.807) is 24.5 Å². The molecular formula is C22H18N6O3S. The van der Waals surface area contributed by atoms with Crippen molar-refractivity contribution in [3.63, 3.8) is 0 Å². The van der Waals surface area contributed by atoms with E-state index in [-0.39, 0.29) is 23.0 Å². The van der Waals surface area contributed by atoms with Crippen molar-refractivity contribution in [3.8, 4) is 17.1 Å². The summed E-state index contributed by atoms with van der Waals surface area (Å²) >= 11 is 1.19. The number of carbonyl (C=O) groups is 1. The number of nitrogens with zero attached hydrogens (tertiary/aromatic N) is 5. The van der Waals surface area contributed by atoms with E-state index in [9.17, 15) is 14.9 Å². The zero-order valence-corrected chi connectivity index (χ0v) is 17.8. The number of hydrogen-bond acceptors (Lipinski definition) is 7. The van der Waals surface area contributed by atoms with Crippen molar-refractivity contribution in [2.75, 3.05) is 11.1 Å². The number of nitro groups is 1. The van der Waals surface area contributed by atoms with Crippen molar-refractivity contribution in [2.45, 2.75) is 12.1 Å². The van der Waals surface area contributed by atoms with Crippen molar-refractivity contribution in [1.82, 2.24) is 19.7 Å². The fourth-order valence-corrected chi connectivity index (χ4v) is 3.88. The molecule has 4 rings (SSSR count). The fourth-order valence-electron chi connectivity index (χ4n) is 3.13. The van der Waals surface area contributed by atoms with Crippen LogP contribution < -0.4 is 5.32 Å². The lowest BCUT2D eigenvalue weighted by molar-refractivity contribution is -0.383. The number of aromatic nitrogens is 4. The first-order valence-electron chi connectivity index (χ1n) is 9.62. The fraction of sp³-hybridized carbons (Fsp3) is 0.0909. The van der Waals surface area contributed by atoms with Gasteiger partial charge in [0.1, 0.15) is 5.69 Å². The maximum Gasteiger partial charge on any atom is 0.292 e. The number of amides is 1. The third kappa shape index (κ3) is 4.49. The zero-order valence-electron chi connectivity index (χ0n) is 17.0. The SMILES string of the molecule is Cc1ccccc1-n1c(SCC(=O)Nc2ccccc2[N+](=O)[O-])nnc1-c1cccnc1. The molecule has 2 heterocycles. The molecule has 0 saturated heterocycles. The molecule has 1 amide bonds. The normalized spacial score (nSPS) is 10.7. The van der Waals surface area contributed by atoms with Crippen LogP contribution in [-0.4, -0.2) is 36.3 Å². The summed E-state index contributed by atoms with van der Waals surface area (Å²) in [5.74, 6) is 0.226. The van der Waals surface area contributed by atoms with Crippen molar-refractivity contribution < 1.29 is 9.72 Å². The summed E-state index contributed by atoms with van der Waals surface area (Å²) in [6.07, 6.45) is 3.38. The number of para-hydroxylation sites is 3. The second kappa shape index (κ2) is 9.40. The van der Waals surface area contributed by atoms with Gasteiger partial charge in [0.05, 0.1) is 16.4 Å².